The zero-order valence-corrected chi connectivity index (χ0v) is 17.9. The first-order chi connectivity index (χ1) is 13.7. The second kappa shape index (κ2) is 8.32. The minimum atomic E-state index is -3.36. The van der Waals surface area contributed by atoms with Gasteiger partial charge in [-0.25, -0.2) is 8.42 Å². The summed E-state index contributed by atoms with van der Waals surface area (Å²) in [5.41, 5.74) is 2.54. The maximum absolute atomic E-state index is 12.7. The molecule has 1 aliphatic heterocycles. The molecule has 0 saturated heterocycles. The number of hydrogen-bond acceptors (Lipinski definition) is 5. The number of benzene rings is 2. The van der Waals surface area contributed by atoms with E-state index >= 15 is 0 Å². The van der Waals surface area contributed by atoms with Crippen LogP contribution in [0.1, 0.15) is 36.7 Å². The zero-order chi connectivity index (χ0) is 21.2. The molecule has 1 heterocycles. The SMILES string of the molecule is CCOc1ccc(NC(=O)c2ccc3c(c2)C[C@@H](C)N3S(C)(=O)=O)cc1OCC. The lowest BCUT2D eigenvalue weighted by Crippen LogP contribution is -2.34. The average Bonchev–Trinajstić information content (AvgIpc) is 2.99. The number of carbonyl (C=O) groups is 1. The van der Waals surface area contributed by atoms with Gasteiger partial charge in [0.15, 0.2) is 11.5 Å². The van der Waals surface area contributed by atoms with Crippen molar-refractivity contribution in [3.63, 3.8) is 0 Å². The highest BCUT2D eigenvalue weighted by Gasteiger charge is 2.32. The Morgan fingerprint density at radius 2 is 1.79 bits per heavy atom. The lowest BCUT2D eigenvalue weighted by Gasteiger charge is -2.21. The smallest absolute Gasteiger partial charge is 0.255 e. The van der Waals surface area contributed by atoms with Crippen LogP contribution in [-0.2, 0) is 16.4 Å². The summed E-state index contributed by atoms with van der Waals surface area (Å²) in [6.45, 7) is 6.63. The van der Waals surface area contributed by atoms with Crippen molar-refractivity contribution in [2.24, 2.45) is 0 Å². The normalized spacial score (nSPS) is 15.7. The van der Waals surface area contributed by atoms with Crippen LogP contribution in [0.4, 0.5) is 11.4 Å². The van der Waals surface area contributed by atoms with Crippen LogP contribution in [0.5, 0.6) is 11.5 Å². The molecule has 0 saturated carbocycles. The number of hydrogen-bond donors (Lipinski definition) is 1. The number of anilines is 2. The first-order valence-corrected chi connectivity index (χ1v) is 11.4. The molecule has 29 heavy (non-hydrogen) atoms. The molecule has 0 fully saturated rings. The van der Waals surface area contributed by atoms with E-state index in [9.17, 15) is 13.2 Å². The maximum atomic E-state index is 12.7. The molecule has 0 bridgehead atoms. The summed E-state index contributed by atoms with van der Waals surface area (Å²) in [5.74, 6) is 0.920. The van der Waals surface area contributed by atoms with E-state index in [2.05, 4.69) is 5.32 Å². The van der Waals surface area contributed by atoms with Crippen molar-refractivity contribution < 1.29 is 22.7 Å². The van der Waals surface area contributed by atoms with E-state index in [0.29, 0.717) is 48.1 Å². The van der Waals surface area contributed by atoms with Gasteiger partial charge in [-0.05, 0) is 63.1 Å². The average molecular weight is 419 g/mol. The molecule has 1 atom stereocenters. The van der Waals surface area contributed by atoms with Gasteiger partial charge in [-0.2, -0.15) is 0 Å². The molecule has 0 unspecified atom stereocenters. The molecule has 1 aliphatic rings. The van der Waals surface area contributed by atoms with Crippen molar-refractivity contribution in [3.05, 3.63) is 47.5 Å². The molecular weight excluding hydrogens is 392 g/mol. The molecule has 2 aromatic rings. The Morgan fingerprint density at radius 3 is 2.45 bits per heavy atom. The second-order valence-electron chi connectivity index (χ2n) is 6.94. The van der Waals surface area contributed by atoms with Crippen molar-refractivity contribution >= 4 is 27.3 Å². The largest absolute Gasteiger partial charge is 0.490 e. The third-order valence-corrected chi connectivity index (χ3v) is 5.92. The van der Waals surface area contributed by atoms with Gasteiger partial charge < -0.3 is 14.8 Å². The summed E-state index contributed by atoms with van der Waals surface area (Å²) >= 11 is 0. The van der Waals surface area contributed by atoms with Crippen molar-refractivity contribution in [1.29, 1.82) is 0 Å². The van der Waals surface area contributed by atoms with E-state index in [-0.39, 0.29) is 11.9 Å². The highest BCUT2D eigenvalue weighted by atomic mass is 32.2. The van der Waals surface area contributed by atoms with E-state index in [1.165, 1.54) is 10.6 Å². The lowest BCUT2D eigenvalue weighted by atomic mass is 10.1. The Balaban J connectivity index is 1.82. The minimum Gasteiger partial charge on any atom is -0.490 e. The number of rotatable bonds is 7. The van der Waals surface area contributed by atoms with E-state index in [1.54, 1.807) is 36.4 Å². The fourth-order valence-electron chi connectivity index (χ4n) is 3.58. The lowest BCUT2D eigenvalue weighted by molar-refractivity contribution is 0.102. The summed E-state index contributed by atoms with van der Waals surface area (Å²) in [6, 6.07) is 10.2. The Hall–Kier alpha value is -2.74. The van der Waals surface area contributed by atoms with Gasteiger partial charge >= 0.3 is 0 Å². The Bertz CT molecular complexity index is 1020. The fourth-order valence-corrected chi connectivity index (χ4v) is 4.85. The van der Waals surface area contributed by atoms with Gasteiger partial charge in [-0.1, -0.05) is 0 Å². The molecule has 1 amide bonds. The van der Waals surface area contributed by atoms with E-state index in [0.717, 1.165) is 5.56 Å². The van der Waals surface area contributed by atoms with Gasteiger partial charge in [0.2, 0.25) is 10.0 Å². The Morgan fingerprint density at radius 1 is 1.10 bits per heavy atom. The van der Waals surface area contributed by atoms with Crippen LogP contribution >= 0.6 is 0 Å². The molecule has 0 radical (unpaired) electrons. The zero-order valence-electron chi connectivity index (χ0n) is 17.1. The number of nitrogens with one attached hydrogen (secondary N) is 1. The van der Waals surface area contributed by atoms with Gasteiger partial charge in [-0.15, -0.1) is 0 Å². The van der Waals surface area contributed by atoms with Gasteiger partial charge in [-0.3, -0.25) is 9.10 Å². The fraction of sp³-hybridized carbons (Fsp3) is 0.381. The molecule has 3 rings (SSSR count). The third kappa shape index (κ3) is 4.48. The summed E-state index contributed by atoms with van der Waals surface area (Å²) < 4.78 is 36.6. The number of sulfonamides is 1. The van der Waals surface area contributed by atoms with Crippen LogP contribution < -0.4 is 19.1 Å². The van der Waals surface area contributed by atoms with Crippen LogP contribution in [0.3, 0.4) is 0 Å². The predicted molar refractivity (Wildman–Crippen MR) is 114 cm³/mol. The van der Waals surface area contributed by atoms with E-state index in [1.807, 2.05) is 20.8 Å². The first-order valence-electron chi connectivity index (χ1n) is 9.58. The summed E-state index contributed by atoms with van der Waals surface area (Å²) in [4.78, 5) is 12.7. The topological polar surface area (TPSA) is 84.9 Å². The molecule has 1 N–H and O–H groups in total. The van der Waals surface area contributed by atoms with Crippen molar-refractivity contribution in [1.82, 2.24) is 0 Å². The van der Waals surface area contributed by atoms with Crippen LogP contribution in [-0.4, -0.2) is 39.8 Å². The summed E-state index contributed by atoms with van der Waals surface area (Å²) in [5, 5.41) is 2.86. The molecule has 2 aromatic carbocycles. The molecule has 8 heteroatoms. The van der Waals surface area contributed by atoms with Crippen LogP contribution in [0.2, 0.25) is 0 Å². The van der Waals surface area contributed by atoms with Crippen molar-refractivity contribution in [2.75, 3.05) is 29.1 Å². The number of ether oxygens (including phenoxy) is 2. The van der Waals surface area contributed by atoms with Gasteiger partial charge in [0, 0.05) is 23.4 Å². The highest BCUT2D eigenvalue weighted by Crippen LogP contribution is 2.35. The van der Waals surface area contributed by atoms with Crippen LogP contribution in [0.15, 0.2) is 36.4 Å². The molecule has 156 valence electrons. The summed E-state index contributed by atoms with van der Waals surface area (Å²) in [6.07, 6.45) is 1.77. The highest BCUT2D eigenvalue weighted by molar-refractivity contribution is 7.92. The second-order valence-corrected chi connectivity index (χ2v) is 8.80. The van der Waals surface area contributed by atoms with Crippen LogP contribution in [0.25, 0.3) is 0 Å². The molecule has 7 nitrogen and oxygen atoms in total. The molecule has 0 aromatic heterocycles. The van der Waals surface area contributed by atoms with E-state index in [4.69, 9.17) is 9.47 Å². The number of amides is 1. The monoisotopic (exact) mass is 418 g/mol. The molecule has 0 aliphatic carbocycles. The Labute approximate surface area is 171 Å². The standard InChI is InChI=1S/C21H26N2O5S/c1-5-27-19-10-8-17(13-20(19)28-6-2)22-21(24)15-7-9-18-16(12-15)11-14(3)23(18)29(4,25)26/h7-10,12-14H,5-6,11H2,1-4H3,(H,22,24)/t14-/m1/s1. The van der Waals surface area contributed by atoms with Crippen LogP contribution in [0, 0.1) is 0 Å². The number of fused-ring (bicyclic) bond motifs is 1. The quantitative estimate of drug-likeness (QED) is 0.744. The van der Waals surface area contributed by atoms with Gasteiger partial charge in [0.05, 0.1) is 25.2 Å². The minimum absolute atomic E-state index is 0.168. The predicted octanol–water partition coefficient (Wildman–Crippen LogP) is 3.45. The van der Waals surface area contributed by atoms with Crippen molar-refractivity contribution in [2.45, 2.75) is 33.2 Å². The molecular formula is C21H26N2O5S. The summed E-state index contributed by atoms with van der Waals surface area (Å²) in [7, 11) is -3.36. The first kappa shape index (κ1) is 21.0. The Kier molecular flexibility index (Phi) is 6.02. The number of nitrogens with zero attached hydrogens (tertiary/aromatic N) is 1. The molecule has 0 spiro atoms. The van der Waals surface area contributed by atoms with Crippen molar-refractivity contribution in [3.8, 4) is 11.5 Å². The van der Waals surface area contributed by atoms with E-state index < -0.39 is 10.0 Å². The van der Waals surface area contributed by atoms with Gasteiger partial charge in [0.25, 0.3) is 5.91 Å². The van der Waals surface area contributed by atoms with Gasteiger partial charge in [0.1, 0.15) is 0 Å². The number of carbonyl (C=O) groups excluding carboxylic acids is 1. The maximum Gasteiger partial charge on any atom is 0.255 e. The third-order valence-electron chi connectivity index (χ3n) is 4.65.